The van der Waals surface area contributed by atoms with Crippen molar-refractivity contribution in [3.8, 4) is 0 Å². The van der Waals surface area contributed by atoms with Crippen molar-refractivity contribution in [2.45, 2.75) is 32.7 Å². The minimum atomic E-state index is 0.180. The number of aliphatic hydroxyl groups is 1. The Labute approximate surface area is 81.5 Å². The maximum atomic E-state index is 8.85. The first-order chi connectivity index (χ1) is 6.20. The van der Waals surface area contributed by atoms with Crippen LogP contribution in [0.2, 0.25) is 0 Å². The van der Waals surface area contributed by atoms with Gasteiger partial charge in [0.2, 0.25) is 0 Å². The van der Waals surface area contributed by atoms with Gasteiger partial charge in [-0.3, -0.25) is 0 Å². The van der Waals surface area contributed by atoms with Gasteiger partial charge in [0.1, 0.15) is 0 Å². The van der Waals surface area contributed by atoms with E-state index in [4.69, 9.17) is 9.84 Å². The van der Waals surface area contributed by atoms with Gasteiger partial charge < -0.3 is 15.2 Å². The summed E-state index contributed by atoms with van der Waals surface area (Å²) in [7, 11) is 1.86. The molecule has 0 aliphatic carbocycles. The van der Waals surface area contributed by atoms with Crippen LogP contribution < -0.4 is 5.32 Å². The van der Waals surface area contributed by atoms with Crippen molar-refractivity contribution in [2.75, 3.05) is 26.9 Å². The van der Waals surface area contributed by atoms with Crippen LogP contribution in [0.3, 0.4) is 0 Å². The molecule has 0 radical (unpaired) electrons. The number of rotatable bonds is 8. The summed E-state index contributed by atoms with van der Waals surface area (Å²) in [6, 6.07) is 0.180. The Kier molecular flexibility index (Phi) is 8.40. The van der Waals surface area contributed by atoms with E-state index in [0.29, 0.717) is 5.92 Å². The Bertz CT molecular complexity index is 103. The number of nitrogens with one attached hydrogen (secondary N) is 1. The summed E-state index contributed by atoms with van der Waals surface area (Å²) >= 11 is 0. The van der Waals surface area contributed by atoms with Gasteiger partial charge in [0.05, 0.1) is 6.61 Å². The number of ether oxygens (including phenoxy) is 1. The minimum Gasteiger partial charge on any atom is -0.395 e. The van der Waals surface area contributed by atoms with Gasteiger partial charge in [0.25, 0.3) is 0 Å². The third-order valence-electron chi connectivity index (χ3n) is 2.08. The van der Waals surface area contributed by atoms with Gasteiger partial charge in [-0.1, -0.05) is 13.8 Å². The minimum absolute atomic E-state index is 0.180. The standard InChI is InChI=1S/C10H23NO2/c1-9(2)4-6-13-7-5-10(8-12)11-3/h9-12H,4-8H2,1-3H3. The topological polar surface area (TPSA) is 41.5 Å². The van der Waals surface area contributed by atoms with Gasteiger partial charge in [-0.25, -0.2) is 0 Å². The Balaban J connectivity index is 3.14. The molecular weight excluding hydrogens is 166 g/mol. The summed E-state index contributed by atoms with van der Waals surface area (Å²) in [4.78, 5) is 0. The molecule has 0 fully saturated rings. The summed E-state index contributed by atoms with van der Waals surface area (Å²) in [5.41, 5.74) is 0. The molecule has 0 aromatic rings. The molecule has 80 valence electrons. The summed E-state index contributed by atoms with van der Waals surface area (Å²) < 4.78 is 5.43. The zero-order chi connectivity index (χ0) is 10.1. The van der Waals surface area contributed by atoms with Gasteiger partial charge in [0.15, 0.2) is 0 Å². The van der Waals surface area contributed by atoms with Gasteiger partial charge in [0, 0.05) is 19.3 Å². The highest BCUT2D eigenvalue weighted by Gasteiger charge is 2.02. The van der Waals surface area contributed by atoms with E-state index in [2.05, 4.69) is 19.2 Å². The molecule has 0 rings (SSSR count). The van der Waals surface area contributed by atoms with Crippen molar-refractivity contribution in [1.29, 1.82) is 0 Å². The highest BCUT2D eigenvalue weighted by molar-refractivity contribution is 4.61. The molecule has 0 aromatic carbocycles. The average Bonchev–Trinajstić information content (AvgIpc) is 2.11. The Morgan fingerprint density at radius 1 is 1.23 bits per heavy atom. The zero-order valence-corrected chi connectivity index (χ0v) is 9.05. The first kappa shape index (κ1) is 12.9. The van der Waals surface area contributed by atoms with E-state index in [1.807, 2.05) is 7.05 Å². The molecule has 0 saturated heterocycles. The highest BCUT2D eigenvalue weighted by Crippen LogP contribution is 1.99. The maximum absolute atomic E-state index is 8.85. The largest absolute Gasteiger partial charge is 0.395 e. The third-order valence-corrected chi connectivity index (χ3v) is 2.08. The molecule has 0 amide bonds. The molecule has 1 unspecified atom stereocenters. The SMILES string of the molecule is CNC(CO)CCOCCC(C)C. The first-order valence-corrected chi connectivity index (χ1v) is 5.06. The monoisotopic (exact) mass is 189 g/mol. The van der Waals surface area contributed by atoms with E-state index in [0.717, 1.165) is 26.1 Å². The molecule has 0 spiro atoms. The van der Waals surface area contributed by atoms with Crippen molar-refractivity contribution in [1.82, 2.24) is 5.32 Å². The van der Waals surface area contributed by atoms with Crippen LogP contribution in [-0.4, -0.2) is 38.0 Å². The van der Waals surface area contributed by atoms with Crippen molar-refractivity contribution in [3.05, 3.63) is 0 Å². The van der Waals surface area contributed by atoms with E-state index in [1.54, 1.807) is 0 Å². The van der Waals surface area contributed by atoms with Crippen molar-refractivity contribution >= 4 is 0 Å². The number of likely N-dealkylation sites (N-methyl/N-ethyl adjacent to an activating group) is 1. The zero-order valence-electron chi connectivity index (χ0n) is 9.05. The lowest BCUT2D eigenvalue weighted by Gasteiger charge is -2.13. The van der Waals surface area contributed by atoms with Gasteiger partial charge >= 0.3 is 0 Å². The van der Waals surface area contributed by atoms with Crippen LogP contribution in [0.1, 0.15) is 26.7 Å². The molecule has 0 saturated carbocycles. The summed E-state index contributed by atoms with van der Waals surface area (Å²) in [5.74, 6) is 0.706. The maximum Gasteiger partial charge on any atom is 0.0585 e. The van der Waals surface area contributed by atoms with Crippen LogP contribution in [0.4, 0.5) is 0 Å². The third kappa shape index (κ3) is 8.22. The molecule has 3 nitrogen and oxygen atoms in total. The van der Waals surface area contributed by atoms with Gasteiger partial charge in [-0.05, 0) is 25.8 Å². The molecule has 13 heavy (non-hydrogen) atoms. The lowest BCUT2D eigenvalue weighted by molar-refractivity contribution is 0.107. The highest BCUT2D eigenvalue weighted by atomic mass is 16.5. The molecular formula is C10H23NO2. The smallest absolute Gasteiger partial charge is 0.0585 e. The Hall–Kier alpha value is -0.120. The van der Waals surface area contributed by atoms with Crippen molar-refractivity contribution in [2.24, 2.45) is 5.92 Å². The van der Waals surface area contributed by atoms with Crippen LogP contribution >= 0.6 is 0 Å². The predicted molar refractivity (Wildman–Crippen MR) is 54.8 cm³/mol. The van der Waals surface area contributed by atoms with E-state index in [-0.39, 0.29) is 12.6 Å². The fourth-order valence-electron chi connectivity index (χ4n) is 0.974. The Morgan fingerprint density at radius 2 is 1.85 bits per heavy atom. The van der Waals surface area contributed by atoms with E-state index in [9.17, 15) is 0 Å². The fraction of sp³-hybridized carbons (Fsp3) is 1.00. The van der Waals surface area contributed by atoms with Crippen LogP contribution in [-0.2, 0) is 4.74 Å². The molecule has 0 aliphatic heterocycles. The summed E-state index contributed by atoms with van der Waals surface area (Å²) in [6.07, 6.45) is 1.99. The molecule has 1 atom stereocenters. The van der Waals surface area contributed by atoms with E-state index in [1.165, 1.54) is 0 Å². The average molecular weight is 189 g/mol. The molecule has 3 heteroatoms. The number of aliphatic hydroxyl groups excluding tert-OH is 1. The predicted octanol–water partition coefficient (Wildman–Crippen LogP) is 1.02. The second-order valence-electron chi connectivity index (χ2n) is 3.75. The number of hydrogen-bond acceptors (Lipinski definition) is 3. The molecule has 0 heterocycles. The molecule has 0 aliphatic rings. The van der Waals surface area contributed by atoms with Crippen molar-refractivity contribution < 1.29 is 9.84 Å². The lowest BCUT2D eigenvalue weighted by Crippen LogP contribution is -2.30. The quantitative estimate of drug-likeness (QED) is 0.560. The second kappa shape index (κ2) is 8.48. The Morgan fingerprint density at radius 3 is 2.31 bits per heavy atom. The van der Waals surface area contributed by atoms with Crippen molar-refractivity contribution in [3.63, 3.8) is 0 Å². The first-order valence-electron chi connectivity index (χ1n) is 5.06. The van der Waals surface area contributed by atoms with Gasteiger partial charge in [-0.2, -0.15) is 0 Å². The summed E-state index contributed by atoms with van der Waals surface area (Å²) in [5, 5.41) is 11.9. The van der Waals surface area contributed by atoms with E-state index >= 15 is 0 Å². The second-order valence-corrected chi connectivity index (χ2v) is 3.75. The van der Waals surface area contributed by atoms with Gasteiger partial charge in [-0.15, -0.1) is 0 Å². The lowest BCUT2D eigenvalue weighted by atomic mass is 10.1. The van der Waals surface area contributed by atoms with Crippen LogP contribution in [0.25, 0.3) is 0 Å². The normalized spacial score (nSPS) is 13.6. The van der Waals surface area contributed by atoms with E-state index < -0.39 is 0 Å². The molecule has 0 bridgehead atoms. The van der Waals surface area contributed by atoms with Crippen LogP contribution in [0, 0.1) is 5.92 Å². The molecule has 2 N–H and O–H groups in total. The molecule has 0 aromatic heterocycles. The number of hydrogen-bond donors (Lipinski definition) is 2. The summed E-state index contributed by atoms with van der Waals surface area (Å²) in [6.45, 7) is 6.13. The fourth-order valence-corrected chi connectivity index (χ4v) is 0.974. The van der Waals surface area contributed by atoms with Crippen LogP contribution in [0.5, 0.6) is 0 Å². The van der Waals surface area contributed by atoms with Crippen LogP contribution in [0.15, 0.2) is 0 Å².